The molecule has 6 nitrogen and oxygen atoms in total. The van der Waals surface area contributed by atoms with Gasteiger partial charge in [-0.05, 0) is 37.1 Å². The smallest absolute Gasteiger partial charge is 0.243 e. The Kier molecular flexibility index (Phi) is 16.5. The van der Waals surface area contributed by atoms with Crippen molar-refractivity contribution in [1.82, 2.24) is 4.31 Å². The number of methoxy groups -OCH3 is 1. The Morgan fingerprint density at radius 3 is 1.89 bits per heavy atom. The summed E-state index contributed by atoms with van der Waals surface area (Å²) in [5, 5.41) is 0. The summed E-state index contributed by atoms with van der Waals surface area (Å²) in [6.45, 7) is 8.29. The van der Waals surface area contributed by atoms with E-state index in [4.69, 9.17) is 9.47 Å². The van der Waals surface area contributed by atoms with E-state index < -0.39 is 10.0 Å². The van der Waals surface area contributed by atoms with E-state index in [1.54, 1.807) is 23.5 Å². The van der Waals surface area contributed by atoms with Crippen molar-refractivity contribution in [3.05, 3.63) is 83.7 Å². The van der Waals surface area contributed by atoms with Crippen LogP contribution in [-0.2, 0) is 29.7 Å². The molecule has 0 atom stereocenters. The maximum Gasteiger partial charge on any atom is 0.243 e. The number of rotatable bonds is 23. The highest BCUT2D eigenvalue weighted by molar-refractivity contribution is 7.89. The Morgan fingerprint density at radius 2 is 1.31 bits per heavy atom. The molecule has 0 aliphatic rings. The van der Waals surface area contributed by atoms with E-state index in [1.807, 2.05) is 61.8 Å². The average Bonchev–Trinajstić information content (AvgIpc) is 3.04. The van der Waals surface area contributed by atoms with Crippen LogP contribution in [0, 0.1) is 6.92 Å². The van der Waals surface area contributed by atoms with Crippen LogP contribution in [0.15, 0.2) is 71.9 Å². The molecule has 248 valence electrons. The standard InChI is InChI=1S/C38H57N2O4S/c1-5-7-8-9-10-11-12-13-14-15-16-17-30-44-38-35(19-18-20-37(38)43-4)32-40(31-34-25-28-39(27-6-2)29-26-34)45(41,42)36-23-21-33(3)22-24-36/h18-26,28-29H,5-17,27,30-32H2,1-4H3/q+1. The third-order valence-electron chi connectivity index (χ3n) is 8.33. The Morgan fingerprint density at radius 1 is 0.711 bits per heavy atom. The zero-order valence-electron chi connectivity index (χ0n) is 28.3. The number of para-hydroxylation sites is 1. The van der Waals surface area contributed by atoms with E-state index in [2.05, 4.69) is 18.4 Å². The van der Waals surface area contributed by atoms with Crippen LogP contribution in [-0.4, -0.2) is 26.4 Å². The molecule has 0 N–H and O–H groups in total. The first kappa shape index (κ1) is 36.6. The van der Waals surface area contributed by atoms with Crippen LogP contribution < -0.4 is 14.0 Å². The first-order valence-corrected chi connectivity index (χ1v) is 18.7. The van der Waals surface area contributed by atoms with Crippen LogP contribution in [0.3, 0.4) is 0 Å². The molecule has 0 bridgehead atoms. The fourth-order valence-electron chi connectivity index (χ4n) is 5.61. The molecule has 3 rings (SSSR count). The van der Waals surface area contributed by atoms with Gasteiger partial charge in [-0.3, -0.25) is 0 Å². The quantitative estimate of drug-likeness (QED) is 0.0769. The van der Waals surface area contributed by atoms with Crippen molar-refractivity contribution in [3.8, 4) is 11.5 Å². The highest BCUT2D eigenvalue weighted by Crippen LogP contribution is 2.34. The second-order valence-electron chi connectivity index (χ2n) is 12.2. The van der Waals surface area contributed by atoms with E-state index in [-0.39, 0.29) is 18.0 Å². The minimum absolute atomic E-state index is 0.172. The number of aromatic nitrogens is 1. The van der Waals surface area contributed by atoms with Crippen LogP contribution in [0.1, 0.15) is 114 Å². The van der Waals surface area contributed by atoms with Gasteiger partial charge in [0.25, 0.3) is 0 Å². The molecule has 0 fully saturated rings. The molecule has 0 radical (unpaired) electrons. The maximum atomic E-state index is 14.0. The minimum Gasteiger partial charge on any atom is -0.493 e. The lowest BCUT2D eigenvalue weighted by molar-refractivity contribution is -0.697. The van der Waals surface area contributed by atoms with Crippen molar-refractivity contribution in [2.75, 3.05) is 13.7 Å². The normalized spacial score (nSPS) is 11.7. The number of sulfonamides is 1. The number of hydrogen-bond acceptors (Lipinski definition) is 4. The molecule has 0 amide bonds. The van der Waals surface area contributed by atoms with Crippen molar-refractivity contribution >= 4 is 10.0 Å². The lowest BCUT2D eigenvalue weighted by Gasteiger charge is -2.24. The first-order valence-electron chi connectivity index (χ1n) is 17.2. The van der Waals surface area contributed by atoms with Crippen molar-refractivity contribution in [2.24, 2.45) is 0 Å². The largest absolute Gasteiger partial charge is 0.493 e. The topological polar surface area (TPSA) is 59.7 Å². The van der Waals surface area contributed by atoms with Gasteiger partial charge in [0.1, 0.15) is 6.54 Å². The van der Waals surface area contributed by atoms with Gasteiger partial charge in [0.2, 0.25) is 10.0 Å². The highest BCUT2D eigenvalue weighted by atomic mass is 32.2. The highest BCUT2D eigenvalue weighted by Gasteiger charge is 2.27. The van der Waals surface area contributed by atoms with Crippen molar-refractivity contribution in [1.29, 1.82) is 0 Å². The summed E-state index contributed by atoms with van der Waals surface area (Å²) < 4.78 is 43.7. The third-order valence-corrected chi connectivity index (χ3v) is 10.1. The zero-order valence-corrected chi connectivity index (χ0v) is 29.1. The molecule has 2 aromatic carbocycles. The number of ether oxygens (including phenoxy) is 2. The van der Waals surface area contributed by atoms with Gasteiger partial charge in [0.15, 0.2) is 23.9 Å². The molecule has 0 unspecified atom stereocenters. The van der Waals surface area contributed by atoms with Crippen LogP contribution in [0.25, 0.3) is 0 Å². The number of nitrogens with zero attached hydrogens (tertiary/aromatic N) is 2. The number of unbranched alkanes of at least 4 members (excludes halogenated alkanes) is 11. The lowest BCUT2D eigenvalue weighted by atomic mass is 10.1. The summed E-state index contributed by atoms with van der Waals surface area (Å²) in [4.78, 5) is 0.284. The predicted molar refractivity (Wildman–Crippen MR) is 184 cm³/mol. The predicted octanol–water partition coefficient (Wildman–Crippen LogP) is 9.17. The Balaban J connectivity index is 1.65. The van der Waals surface area contributed by atoms with E-state index in [9.17, 15) is 8.42 Å². The summed E-state index contributed by atoms with van der Waals surface area (Å²) >= 11 is 0. The summed E-state index contributed by atoms with van der Waals surface area (Å²) in [5.74, 6) is 1.25. The fourth-order valence-corrected chi connectivity index (χ4v) is 7.01. The second kappa shape index (κ2) is 20.3. The molecule has 0 spiro atoms. The molecule has 0 saturated heterocycles. The van der Waals surface area contributed by atoms with Crippen molar-refractivity contribution in [3.63, 3.8) is 0 Å². The number of pyridine rings is 1. The number of aryl methyl sites for hydroxylation is 2. The van der Waals surface area contributed by atoms with Gasteiger partial charge in [0, 0.05) is 37.2 Å². The first-order chi connectivity index (χ1) is 21.9. The van der Waals surface area contributed by atoms with Crippen LogP contribution in [0.5, 0.6) is 11.5 Å². The summed E-state index contributed by atoms with van der Waals surface area (Å²) in [7, 11) is -2.16. The monoisotopic (exact) mass is 637 g/mol. The Labute approximate surface area is 273 Å². The SMILES string of the molecule is CCCCCCCCCCCCCCOc1c(CN(Cc2cc[n+](CCC)cc2)S(=O)(=O)c2ccc(C)cc2)cccc1OC. The minimum atomic E-state index is -3.79. The number of benzene rings is 2. The van der Waals surface area contributed by atoms with E-state index in [0.29, 0.717) is 18.1 Å². The van der Waals surface area contributed by atoms with Gasteiger partial charge in [-0.25, -0.2) is 13.0 Å². The Bertz CT molecular complexity index is 1340. The molecule has 1 aromatic heterocycles. The van der Waals surface area contributed by atoms with Gasteiger partial charge in [-0.1, -0.05) is 114 Å². The Hall–Kier alpha value is -2.90. The maximum absolute atomic E-state index is 14.0. The van der Waals surface area contributed by atoms with E-state index in [0.717, 1.165) is 42.5 Å². The molecule has 0 aliphatic heterocycles. The molecular formula is C38H57N2O4S+. The van der Waals surface area contributed by atoms with Crippen LogP contribution >= 0.6 is 0 Å². The third kappa shape index (κ3) is 12.4. The molecule has 0 aliphatic carbocycles. The van der Waals surface area contributed by atoms with Gasteiger partial charge in [-0.2, -0.15) is 4.31 Å². The summed E-state index contributed by atoms with van der Waals surface area (Å²) in [5.41, 5.74) is 2.74. The molecular weight excluding hydrogens is 580 g/mol. The van der Waals surface area contributed by atoms with E-state index >= 15 is 0 Å². The molecule has 3 aromatic rings. The molecule has 7 heteroatoms. The van der Waals surface area contributed by atoms with E-state index in [1.165, 1.54) is 64.2 Å². The fraction of sp³-hybridized carbons (Fsp3) is 0.553. The van der Waals surface area contributed by atoms with Gasteiger partial charge < -0.3 is 9.47 Å². The van der Waals surface area contributed by atoms with Gasteiger partial charge in [0.05, 0.1) is 18.6 Å². The van der Waals surface area contributed by atoms with Gasteiger partial charge in [-0.15, -0.1) is 0 Å². The molecule has 1 heterocycles. The number of hydrogen-bond donors (Lipinski definition) is 0. The zero-order chi connectivity index (χ0) is 32.3. The molecule has 45 heavy (non-hydrogen) atoms. The van der Waals surface area contributed by atoms with Crippen molar-refractivity contribution in [2.45, 2.75) is 129 Å². The summed E-state index contributed by atoms with van der Waals surface area (Å²) in [6, 6.07) is 16.8. The van der Waals surface area contributed by atoms with Crippen LogP contribution in [0.2, 0.25) is 0 Å². The van der Waals surface area contributed by atoms with Gasteiger partial charge >= 0.3 is 0 Å². The molecule has 0 saturated carbocycles. The lowest BCUT2D eigenvalue weighted by Crippen LogP contribution is -2.33. The van der Waals surface area contributed by atoms with Crippen LogP contribution in [0.4, 0.5) is 0 Å². The second-order valence-corrected chi connectivity index (χ2v) is 14.2. The summed E-state index contributed by atoms with van der Waals surface area (Å²) in [6.07, 6.45) is 20.5. The van der Waals surface area contributed by atoms with Crippen molar-refractivity contribution < 1.29 is 22.5 Å². The average molecular weight is 638 g/mol.